The molecular formula is C19H32N2. The van der Waals surface area contributed by atoms with Gasteiger partial charge in [0.25, 0.3) is 0 Å². The van der Waals surface area contributed by atoms with E-state index in [4.69, 9.17) is 11.5 Å². The van der Waals surface area contributed by atoms with Gasteiger partial charge in [-0.3, -0.25) is 0 Å². The number of benzene rings is 1. The van der Waals surface area contributed by atoms with Crippen LogP contribution in [0.1, 0.15) is 82.4 Å². The SMILES string of the molecule is C=C(C)C(CC)c1c(N)c(CCC)cc(N)c1C(C)CC. The lowest BCUT2D eigenvalue weighted by atomic mass is 9.79. The lowest BCUT2D eigenvalue weighted by molar-refractivity contribution is 0.692. The summed E-state index contributed by atoms with van der Waals surface area (Å²) in [5, 5.41) is 0. The predicted molar refractivity (Wildman–Crippen MR) is 95.8 cm³/mol. The van der Waals surface area contributed by atoms with Crippen LogP contribution in [0.25, 0.3) is 0 Å². The molecule has 0 heterocycles. The fourth-order valence-corrected chi connectivity index (χ4v) is 3.22. The van der Waals surface area contributed by atoms with Gasteiger partial charge in [0.15, 0.2) is 0 Å². The topological polar surface area (TPSA) is 52.0 Å². The molecule has 118 valence electrons. The number of hydrogen-bond acceptors (Lipinski definition) is 2. The van der Waals surface area contributed by atoms with Crippen LogP contribution >= 0.6 is 0 Å². The van der Waals surface area contributed by atoms with Gasteiger partial charge in [-0.1, -0.05) is 46.3 Å². The molecule has 0 spiro atoms. The zero-order valence-corrected chi connectivity index (χ0v) is 14.4. The normalized spacial score (nSPS) is 14.0. The van der Waals surface area contributed by atoms with Crippen LogP contribution in [0.5, 0.6) is 0 Å². The number of anilines is 2. The molecule has 0 aromatic heterocycles. The Morgan fingerprint density at radius 2 is 1.76 bits per heavy atom. The van der Waals surface area contributed by atoms with Gasteiger partial charge >= 0.3 is 0 Å². The maximum absolute atomic E-state index is 6.55. The Labute approximate surface area is 130 Å². The average molecular weight is 288 g/mol. The Bertz CT molecular complexity index is 503. The summed E-state index contributed by atoms with van der Waals surface area (Å²) in [4.78, 5) is 0. The van der Waals surface area contributed by atoms with E-state index in [2.05, 4.69) is 47.3 Å². The molecule has 4 N–H and O–H groups in total. The summed E-state index contributed by atoms with van der Waals surface area (Å²) in [6, 6.07) is 2.09. The van der Waals surface area contributed by atoms with Crippen LogP contribution in [-0.2, 0) is 6.42 Å². The molecule has 1 aromatic rings. The molecule has 21 heavy (non-hydrogen) atoms. The maximum atomic E-state index is 6.55. The van der Waals surface area contributed by atoms with Crippen molar-refractivity contribution in [3.63, 3.8) is 0 Å². The van der Waals surface area contributed by atoms with Crippen molar-refractivity contribution in [3.8, 4) is 0 Å². The molecule has 0 aliphatic carbocycles. The molecule has 2 atom stereocenters. The standard InChI is InChI=1S/C19H32N2/c1-7-10-14-11-16(20)17(13(6)8-2)18(19(14)21)15(9-3)12(4)5/h11,13,15H,4,7-10,20-21H2,1-3,5-6H3. The smallest absolute Gasteiger partial charge is 0.0389 e. The van der Waals surface area contributed by atoms with E-state index in [9.17, 15) is 0 Å². The molecule has 0 amide bonds. The number of rotatable bonds is 7. The molecule has 2 heteroatoms. The predicted octanol–water partition coefficient (Wildman–Crippen LogP) is 5.39. The van der Waals surface area contributed by atoms with Crippen LogP contribution in [0.3, 0.4) is 0 Å². The summed E-state index contributed by atoms with van der Waals surface area (Å²) in [6.07, 6.45) is 4.14. The first-order valence-corrected chi connectivity index (χ1v) is 8.24. The first-order valence-electron chi connectivity index (χ1n) is 8.24. The van der Waals surface area contributed by atoms with Crippen molar-refractivity contribution in [2.75, 3.05) is 11.5 Å². The molecule has 0 saturated heterocycles. The Hall–Kier alpha value is -1.44. The fourth-order valence-electron chi connectivity index (χ4n) is 3.22. The Kier molecular flexibility index (Phi) is 6.32. The Balaban J connectivity index is 3.63. The van der Waals surface area contributed by atoms with E-state index in [1.807, 2.05) is 0 Å². The minimum absolute atomic E-state index is 0.299. The third kappa shape index (κ3) is 3.61. The Morgan fingerprint density at radius 1 is 1.14 bits per heavy atom. The van der Waals surface area contributed by atoms with Gasteiger partial charge in [-0.25, -0.2) is 0 Å². The van der Waals surface area contributed by atoms with Gasteiger partial charge < -0.3 is 11.5 Å². The first-order chi connectivity index (χ1) is 9.88. The quantitative estimate of drug-likeness (QED) is 0.522. The highest BCUT2D eigenvalue weighted by Gasteiger charge is 2.24. The van der Waals surface area contributed by atoms with Crippen molar-refractivity contribution in [2.24, 2.45) is 0 Å². The van der Waals surface area contributed by atoms with Gasteiger partial charge in [-0.05, 0) is 54.9 Å². The molecule has 0 aliphatic heterocycles. The largest absolute Gasteiger partial charge is 0.398 e. The van der Waals surface area contributed by atoms with Gasteiger partial charge in [0.05, 0.1) is 0 Å². The fraction of sp³-hybridized carbons (Fsp3) is 0.579. The summed E-state index contributed by atoms with van der Waals surface area (Å²) in [5.41, 5.74) is 19.6. The van der Waals surface area contributed by atoms with E-state index in [-0.39, 0.29) is 0 Å². The summed E-state index contributed by atoms with van der Waals surface area (Å²) < 4.78 is 0. The summed E-state index contributed by atoms with van der Waals surface area (Å²) in [7, 11) is 0. The number of hydrogen-bond donors (Lipinski definition) is 2. The molecule has 0 radical (unpaired) electrons. The first kappa shape index (κ1) is 17.6. The van der Waals surface area contributed by atoms with Crippen molar-refractivity contribution in [3.05, 3.63) is 34.9 Å². The molecular weight excluding hydrogens is 256 g/mol. The van der Waals surface area contributed by atoms with Crippen LogP contribution in [0.15, 0.2) is 18.2 Å². The van der Waals surface area contributed by atoms with Gasteiger partial charge in [0.1, 0.15) is 0 Å². The molecule has 1 aromatic carbocycles. The maximum Gasteiger partial charge on any atom is 0.0389 e. The van der Waals surface area contributed by atoms with E-state index in [1.54, 1.807) is 0 Å². The highest BCUT2D eigenvalue weighted by Crippen LogP contribution is 2.42. The zero-order valence-electron chi connectivity index (χ0n) is 14.4. The third-order valence-electron chi connectivity index (χ3n) is 4.54. The molecule has 1 rings (SSSR count). The molecule has 2 nitrogen and oxygen atoms in total. The van der Waals surface area contributed by atoms with Crippen LogP contribution in [0.4, 0.5) is 11.4 Å². The van der Waals surface area contributed by atoms with E-state index in [1.165, 1.54) is 22.3 Å². The van der Waals surface area contributed by atoms with E-state index >= 15 is 0 Å². The Morgan fingerprint density at radius 3 is 2.19 bits per heavy atom. The number of nitrogen functional groups attached to an aromatic ring is 2. The lowest BCUT2D eigenvalue weighted by Crippen LogP contribution is -2.14. The second kappa shape index (κ2) is 7.53. The highest BCUT2D eigenvalue weighted by molar-refractivity contribution is 5.69. The van der Waals surface area contributed by atoms with Gasteiger partial charge in [-0.15, -0.1) is 0 Å². The van der Waals surface area contributed by atoms with E-state index in [0.717, 1.165) is 37.1 Å². The van der Waals surface area contributed by atoms with Crippen LogP contribution in [0, 0.1) is 0 Å². The summed E-state index contributed by atoms with van der Waals surface area (Å²) in [6.45, 7) is 15.1. The third-order valence-corrected chi connectivity index (χ3v) is 4.54. The number of allylic oxidation sites excluding steroid dienone is 1. The minimum atomic E-state index is 0.299. The van der Waals surface area contributed by atoms with Crippen molar-refractivity contribution >= 4 is 11.4 Å². The minimum Gasteiger partial charge on any atom is -0.398 e. The van der Waals surface area contributed by atoms with Crippen molar-refractivity contribution < 1.29 is 0 Å². The zero-order chi connectivity index (χ0) is 16.2. The monoisotopic (exact) mass is 288 g/mol. The molecule has 0 bridgehead atoms. The van der Waals surface area contributed by atoms with E-state index < -0.39 is 0 Å². The average Bonchev–Trinajstić information content (AvgIpc) is 2.43. The molecule has 0 saturated carbocycles. The van der Waals surface area contributed by atoms with Crippen molar-refractivity contribution in [1.29, 1.82) is 0 Å². The molecule has 2 unspecified atom stereocenters. The number of nitrogens with two attached hydrogens (primary N) is 2. The van der Waals surface area contributed by atoms with Crippen LogP contribution in [0.2, 0.25) is 0 Å². The van der Waals surface area contributed by atoms with E-state index in [0.29, 0.717) is 11.8 Å². The summed E-state index contributed by atoms with van der Waals surface area (Å²) >= 11 is 0. The van der Waals surface area contributed by atoms with Gasteiger partial charge in [0, 0.05) is 17.3 Å². The van der Waals surface area contributed by atoms with Crippen molar-refractivity contribution in [2.45, 2.75) is 72.1 Å². The van der Waals surface area contributed by atoms with Crippen molar-refractivity contribution in [1.82, 2.24) is 0 Å². The lowest BCUT2D eigenvalue weighted by Gasteiger charge is -2.27. The van der Waals surface area contributed by atoms with Gasteiger partial charge in [0.2, 0.25) is 0 Å². The second-order valence-electron chi connectivity index (χ2n) is 6.23. The molecule has 0 aliphatic rings. The number of aryl methyl sites for hydroxylation is 1. The van der Waals surface area contributed by atoms with Gasteiger partial charge in [-0.2, -0.15) is 0 Å². The highest BCUT2D eigenvalue weighted by atomic mass is 14.6. The molecule has 0 fully saturated rings. The van der Waals surface area contributed by atoms with Crippen LogP contribution < -0.4 is 11.5 Å². The van der Waals surface area contributed by atoms with Crippen LogP contribution in [-0.4, -0.2) is 0 Å². The second-order valence-corrected chi connectivity index (χ2v) is 6.23. The summed E-state index contributed by atoms with van der Waals surface area (Å²) in [5.74, 6) is 0.722.